The minimum atomic E-state index is -0.165. The first-order chi connectivity index (χ1) is 18.2. The number of pyridine rings is 1. The molecule has 200 valence electrons. The van der Waals surface area contributed by atoms with E-state index in [4.69, 9.17) is 28.5 Å². The summed E-state index contributed by atoms with van der Waals surface area (Å²) < 4.78 is 0. The van der Waals surface area contributed by atoms with Crippen LogP contribution in [0.3, 0.4) is 0 Å². The van der Waals surface area contributed by atoms with Crippen molar-refractivity contribution in [2.24, 2.45) is 17.3 Å². The zero-order valence-corrected chi connectivity index (χ0v) is 23.4. The number of rotatable bonds is 6. The van der Waals surface area contributed by atoms with Crippen LogP contribution < -0.4 is 4.90 Å². The highest BCUT2D eigenvalue weighted by Crippen LogP contribution is 2.47. The van der Waals surface area contributed by atoms with Crippen LogP contribution in [-0.4, -0.2) is 66.4 Å². The monoisotopic (exact) mass is 553 g/mol. The van der Waals surface area contributed by atoms with Gasteiger partial charge in [0.2, 0.25) is 11.8 Å². The Morgan fingerprint density at radius 3 is 2.45 bits per heavy atom. The van der Waals surface area contributed by atoms with Crippen LogP contribution in [0.2, 0.25) is 10.0 Å². The van der Waals surface area contributed by atoms with Gasteiger partial charge in [0.25, 0.3) is 0 Å². The van der Waals surface area contributed by atoms with E-state index in [1.807, 2.05) is 48.0 Å². The van der Waals surface area contributed by atoms with Crippen molar-refractivity contribution in [1.29, 1.82) is 5.26 Å². The summed E-state index contributed by atoms with van der Waals surface area (Å²) in [5.41, 5.74) is 1.42. The van der Waals surface area contributed by atoms with Gasteiger partial charge in [-0.2, -0.15) is 5.26 Å². The molecular formula is C29H33Cl2N5O2. The third-order valence-electron chi connectivity index (χ3n) is 8.55. The predicted octanol–water partition coefficient (Wildman–Crippen LogP) is 4.98. The second kappa shape index (κ2) is 10.7. The molecule has 0 N–H and O–H groups in total. The number of nitrogens with zero attached hydrogens (tertiary/aromatic N) is 5. The molecular weight excluding hydrogens is 521 g/mol. The second-order valence-corrected chi connectivity index (χ2v) is 12.1. The molecule has 9 heteroatoms. The van der Waals surface area contributed by atoms with Crippen LogP contribution >= 0.6 is 23.2 Å². The first-order valence-corrected chi connectivity index (χ1v) is 14.0. The SMILES string of the molecule is CN(C[C@H]1CN(C(=O)C2CCN(C(=O)C3(C)CC3)CC2)C[C@@H]1c1ccc(Cl)c(Cl)c1)c1ccc(C#N)cn1. The molecule has 2 aromatic rings. The number of piperidine rings is 1. The number of likely N-dealkylation sites (tertiary alicyclic amines) is 2. The van der Waals surface area contributed by atoms with Crippen molar-refractivity contribution in [3.05, 3.63) is 57.7 Å². The number of benzene rings is 1. The number of aromatic nitrogens is 1. The zero-order chi connectivity index (χ0) is 27.0. The van der Waals surface area contributed by atoms with E-state index in [1.165, 1.54) is 0 Å². The number of carbonyl (C=O) groups excluding carboxylic acids is 2. The maximum atomic E-state index is 13.7. The summed E-state index contributed by atoms with van der Waals surface area (Å²) in [4.78, 5) is 36.9. The van der Waals surface area contributed by atoms with Crippen molar-refractivity contribution in [2.75, 3.05) is 44.7 Å². The summed E-state index contributed by atoms with van der Waals surface area (Å²) in [6, 6.07) is 11.5. The summed E-state index contributed by atoms with van der Waals surface area (Å²) in [5, 5.41) is 10.1. The highest BCUT2D eigenvalue weighted by molar-refractivity contribution is 6.42. The van der Waals surface area contributed by atoms with E-state index in [2.05, 4.69) is 16.0 Å². The minimum Gasteiger partial charge on any atom is -0.359 e. The molecule has 3 aliphatic rings. The molecule has 0 spiro atoms. The number of carbonyl (C=O) groups is 2. The van der Waals surface area contributed by atoms with Crippen molar-refractivity contribution in [2.45, 2.75) is 38.5 Å². The fourth-order valence-corrected chi connectivity index (χ4v) is 6.16. The first-order valence-electron chi connectivity index (χ1n) is 13.3. The summed E-state index contributed by atoms with van der Waals surface area (Å²) in [6.07, 6.45) is 4.96. The van der Waals surface area contributed by atoms with Gasteiger partial charge in [-0.1, -0.05) is 36.2 Å². The van der Waals surface area contributed by atoms with Crippen LogP contribution in [-0.2, 0) is 9.59 Å². The van der Waals surface area contributed by atoms with Crippen LogP contribution in [0, 0.1) is 28.6 Å². The van der Waals surface area contributed by atoms with Gasteiger partial charge in [0.1, 0.15) is 11.9 Å². The van der Waals surface area contributed by atoms with Crippen LogP contribution in [0.1, 0.15) is 49.7 Å². The molecule has 0 bridgehead atoms. The Morgan fingerprint density at radius 1 is 1.11 bits per heavy atom. The first kappa shape index (κ1) is 26.8. The standard InChI is InChI=1S/C29H33Cl2N5O2/c1-29(9-10-29)28(38)35-11-7-20(8-12-35)27(37)36-17-22(16-34(2)26-6-3-19(14-32)15-33-26)23(18-36)21-4-5-24(30)25(31)13-21/h3-6,13,15,20,22-23H,7-12,16-18H2,1-2H3/t22-,23+/m0/s1. The number of hydrogen-bond donors (Lipinski definition) is 0. The Kier molecular flexibility index (Phi) is 7.57. The Hall–Kier alpha value is -2.82. The highest BCUT2D eigenvalue weighted by atomic mass is 35.5. The lowest BCUT2D eigenvalue weighted by Gasteiger charge is -2.34. The summed E-state index contributed by atoms with van der Waals surface area (Å²) in [7, 11) is 1.98. The molecule has 0 unspecified atom stereocenters. The van der Waals surface area contributed by atoms with Gasteiger partial charge in [-0.15, -0.1) is 0 Å². The summed E-state index contributed by atoms with van der Waals surface area (Å²) >= 11 is 12.6. The van der Waals surface area contributed by atoms with Crippen molar-refractivity contribution in [3.63, 3.8) is 0 Å². The van der Waals surface area contributed by atoms with E-state index >= 15 is 0 Å². The average Bonchev–Trinajstić information content (AvgIpc) is 3.56. The number of anilines is 1. The molecule has 1 aliphatic carbocycles. The largest absolute Gasteiger partial charge is 0.359 e. The van der Waals surface area contributed by atoms with Crippen molar-refractivity contribution < 1.29 is 9.59 Å². The van der Waals surface area contributed by atoms with Crippen molar-refractivity contribution >= 4 is 40.8 Å². The van der Waals surface area contributed by atoms with Gasteiger partial charge in [-0.3, -0.25) is 9.59 Å². The normalized spacial score (nSPS) is 22.7. The predicted molar refractivity (Wildman–Crippen MR) is 148 cm³/mol. The lowest BCUT2D eigenvalue weighted by Crippen LogP contribution is -2.46. The summed E-state index contributed by atoms with van der Waals surface area (Å²) in [6.45, 7) is 5.31. The maximum absolute atomic E-state index is 13.7. The number of halogens is 2. The van der Waals surface area contributed by atoms with E-state index in [0.717, 1.165) is 24.2 Å². The Morgan fingerprint density at radius 2 is 1.84 bits per heavy atom. The van der Waals surface area contributed by atoms with Gasteiger partial charge in [0, 0.05) is 69.1 Å². The zero-order valence-electron chi connectivity index (χ0n) is 21.9. The van der Waals surface area contributed by atoms with Crippen LogP contribution in [0.25, 0.3) is 0 Å². The highest BCUT2D eigenvalue weighted by Gasteiger charge is 2.48. The van der Waals surface area contributed by atoms with Gasteiger partial charge in [0.05, 0.1) is 15.6 Å². The minimum absolute atomic E-state index is 0.0582. The molecule has 1 aromatic carbocycles. The molecule has 7 nitrogen and oxygen atoms in total. The number of hydrogen-bond acceptors (Lipinski definition) is 5. The fraction of sp³-hybridized carbons (Fsp3) is 0.517. The lowest BCUT2D eigenvalue weighted by atomic mass is 9.88. The van der Waals surface area contributed by atoms with E-state index in [1.54, 1.807) is 12.3 Å². The van der Waals surface area contributed by atoms with Crippen LogP contribution in [0.15, 0.2) is 36.5 Å². The van der Waals surface area contributed by atoms with Gasteiger partial charge in [-0.25, -0.2) is 4.98 Å². The molecule has 1 saturated carbocycles. The summed E-state index contributed by atoms with van der Waals surface area (Å²) in [5.74, 6) is 1.42. The van der Waals surface area contributed by atoms with E-state index < -0.39 is 0 Å². The lowest BCUT2D eigenvalue weighted by molar-refractivity contribution is -0.142. The van der Waals surface area contributed by atoms with Gasteiger partial charge >= 0.3 is 0 Å². The fourth-order valence-electron chi connectivity index (χ4n) is 5.85. The number of nitriles is 1. The molecule has 38 heavy (non-hydrogen) atoms. The van der Waals surface area contributed by atoms with Crippen LogP contribution in [0.4, 0.5) is 5.82 Å². The molecule has 3 heterocycles. The van der Waals surface area contributed by atoms with Crippen LogP contribution in [0.5, 0.6) is 0 Å². The third kappa shape index (κ3) is 5.48. The molecule has 0 radical (unpaired) electrons. The van der Waals surface area contributed by atoms with Crippen molar-refractivity contribution in [1.82, 2.24) is 14.8 Å². The Bertz CT molecular complexity index is 1250. The molecule has 2 saturated heterocycles. The number of amides is 2. The average molecular weight is 555 g/mol. The quantitative estimate of drug-likeness (QED) is 0.504. The molecule has 5 rings (SSSR count). The maximum Gasteiger partial charge on any atom is 0.228 e. The molecule has 1 aromatic heterocycles. The second-order valence-electron chi connectivity index (χ2n) is 11.3. The molecule has 2 aliphatic heterocycles. The van der Waals surface area contributed by atoms with Gasteiger partial charge in [0.15, 0.2) is 0 Å². The molecule has 3 fully saturated rings. The van der Waals surface area contributed by atoms with Gasteiger partial charge in [-0.05, 0) is 55.5 Å². The molecule has 2 amide bonds. The Balaban J connectivity index is 1.29. The van der Waals surface area contributed by atoms with Crippen molar-refractivity contribution in [3.8, 4) is 6.07 Å². The molecule has 2 atom stereocenters. The van der Waals surface area contributed by atoms with Gasteiger partial charge < -0.3 is 14.7 Å². The smallest absolute Gasteiger partial charge is 0.228 e. The topological polar surface area (TPSA) is 80.5 Å². The third-order valence-corrected chi connectivity index (χ3v) is 9.29. The van der Waals surface area contributed by atoms with E-state index in [9.17, 15) is 9.59 Å². The van der Waals surface area contributed by atoms with E-state index in [0.29, 0.717) is 61.2 Å². The van der Waals surface area contributed by atoms with E-state index in [-0.39, 0.29) is 35.0 Å². The Labute approximate surface area is 234 Å².